The highest BCUT2D eigenvalue weighted by Gasteiger charge is 2.71. The number of carbonyl (C=O) groups is 3. The van der Waals surface area contributed by atoms with Crippen LogP contribution in [0.2, 0.25) is 0 Å². The number of anilines is 3. The Hall–Kier alpha value is -3.56. The number of fused-ring (bicyclic) bond motifs is 2. The first-order valence-corrected chi connectivity index (χ1v) is 17.1. The van der Waals surface area contributed by atoms with E-state index in [1.165, 1.54) is 0 Å². The fraction of sp³-hybridized carbons (Fsp3) is 0.472. The number of benzene rings is 2. The van der Waals surface area contributed by atoms with Crippen molar-refractivity contribution in [3.8, 4) is 0 Å². The number of rotatable bonds is 9. The van der Waals surface area contributed by atoms with Crippen LogP contribution >= 0.6 is 11.8 Å². The highest BCUT2D eigenvalue weighted by molar-refractivity contribution is 8.02. The Morgan fingerprint density at radius 3 is 2.18 bits per heavy atom. The van der Waals surface area contributed by atoms with Crippen molar-refractivity contribution in [3.63, 3.8) is 0 Å². The predicted octanol–water partition coefficient (Wildman–Crippen LogP) is 4.74. The zero-order valence-corrected chi connectivity index (χ0v) is 27.4. The molecule has 1 spiro atoms. The van der Waals surface area contributed by atoms with Crippen LogP contribution in [0.1, 0.15) is 34.1 Å². The molecule has 6 atom stereocenters. The Bertz CT molecular complexity index is 1470. The van der Waals surface area contributed by atoms with E-state index in [2.05, 4.69) is 38.7 Å². The standard InChI is InChI=1S/C36H44N4O4S/c1-5-37(6-2)25-15-17-27(18-16-25)39-21-11-19-36-31(34(43)40(32(36)35(39)44)28(23-41)22-24(3)4)30-29(45-36)14-10-20-38(33(30)42)26-12-8-7-9-13-26/h7-19,24,28-32,41H,5-6,20-23H2,1-4H3/t28-,29-,30+,31+,32?,36+/m1/s1. The molecule has 3 amide bonds. The van der Waals surface area contributed by atoms with Gasteiger partial charge in [0.15, 0.2) is 0 Å². The molecular formula is C36H44N4O4S. The van der Waals surface area contributed by atoms with E-state index in [4.69, 9.17) is 0 Å². The van der Waals surface area contributed by atoms with Crippen molar-refractivity contribution in [2.45, 2.75) is 56.2 Å². The van der Waals surface area contributed by atoms with Gasteiger partial charge in [0.05, 0.1) is 29.2 Å². The number of amides is 3. The number of aliphatic hydroxyl groups excluding tert-OH is 1. The second kappa shape index (κ2) is 12.7. The summed E-state index contributed by atoms with van der Waals surface area (Å²) >= 11 is 1.57. The summed E-state index contributed by atoms with van der Waals surface area (Å²) in [5, 5.41) is 10.4. The third-order valence-electron chi connectivity index (χ3n) is 9.80. The van der Waals surface area contributed by atoms with Crippen LogP contribution in [-0.2, 0) is 14.4 Å². The molecule has 4 aliphatic heterocycles. The molecule has 2 aromatic carbocycles. The van der Waals surface area contributed by atoms with Crippen LogP contribution in [0.5, 0.6) is 0 Å². The monoisotopic (exact) mass is 628 g/mol. The van der Waals surface area contributed by atoms with E-state index in [9.17, 15) is 19.5 Å². The average Bonchev–Trinajstić information content (AvgIpc) is 3.36. The van der Waals surface area contributed by atoms with Gasteiger partial charge in [0.25, 0.3) is 5.91 Å². The maximum Gasteiger partial charge on any atom is 0.251 e. The van der Waals surface area contributed by atoms with E-state index in [0.717, 1.165) is 30.2 Å². The quantitative estimate of drug-likeness (QED) is 0.404. The van der Waals surface area contributed by atoms with Crippen molar-refractivity contribution in [3.05, 3.63) is 78.9 Å². The van der Waals surface area contributed by atoms with Gasteiger partial charge in [0.2, 0.25) is 11.8 Å². The smallest absolute Gasteiger partial charge is 0.251 e. The van der Waals surface area contributed by atoms with Crippen LogP contribution in [0.4, 0.5) is 17.1 Å². The van der Waals surface area contributed by atoms with Crippen molar-refractivity contribution < 1.29 is 19.5 Å². The van der Waals surface area contributed by atoms with Gasteiger partial charge in [0, 0.05) is 48.5 Å². The van der Waals surface area contributed by atoms with E-state index < -0.39 is 28.7 Å². The average molecular weight is 629 g/mol. The topological polar surface area (TPSA) is 84.4 Å². The van der Waals surface area contributed by atoms with Crippen LogP contribution in [0.25, 0.3) is 0 Å². The van der Waals surface area contributed by atoms with Gasteiger partial charge in [-0.1, -0.05) is 56.4 Å². The third kappa shape index (κ3) is 5.27. The van der Waals surface area contributed by atoms with E-state index >= 15 is 0 Å². The molecule has 1 N–H and O–H groups in total. The number of hydrogen-bond acceptors (Lipinski definition) is 6. The van der Waals surface area contributed by atoms with Crippen LogP contribution in [-0.4, -0.2) is 82.6 Å². The molecule has 0 bridgehead atoms. The number of carbonyl (C=O) groups excluding carboxylic acids is 3. The molecule has 2 fully saturated rings. The fourth-order valence-corrected chi connectivity index (χ4v) is 9.79. The van der Waals surface area contributed by atoms with E-state index in [0.29, 0.717) is 19.5 Å². The maximum absolute atomic E-state index is 14.9. The summed E-state index contributed by atoms with van der Waals surface area (Å²) in [6, 6.07) is 16.2. The lowest BCUT2D eigenvalue weighted by atomic mass is 9.78. The fourth-order valence-electron chi connectivity index (χ4n) is 7.79. The van der Waals surface area contributed by atoms with Gasteiger partial charge >= 0.3 is 0 Å². The first-order chi connectivity index (χ1) is 21.7. The number of likely N-dealkylation sites (tertiary alicyclic amines) is 1. The summed E-state index contributed by atoms with van der Waals surface area (Å²) in [5.74, 6) is -1.65. The second-order valence-corrected chi connectivity index (χ2v) is 14.3. The summed E-state index contributed by atoms with van der Waals surface area (Å²) in [7, 11) is 0. The van der Waals surface area contributed by atoms with Crippen LogP contribution in [0.15, 0.2) is 78.9 Å². The van der Waals surface area contributed by atoms with Crippen molar-refractivity contribution in [1.29, 1.82) is 0 Å². The lowest BCUT2D eigenvalue weighted by Crippen LogP contribution is -2.57. The normalized spacial score (nSPS) is 28.2. The summed E-state index contributed by atoms with van der Waals surface area (Å²) in [6.45, 7) is 10.7. The largest absolute Gasteiger partial charge is 0.394 e. The molecule has 45 heavy (non-hydrogen) atoms. The van der Waals surface area contributed by atoms with E-state index in [1.807, 2.05) is 72.8 Å². The van der Waals surface area contributed by atoms with Gasteiger partial charge in [-0.25, -0.2) is 0 Å². The lowest BCUT2D eigenvalue weighted by Gasteiger charge is -2.39. The minimum absolute atomic E-state index is 0.0992. The van der Waals surface area contributed by atoms with E-state index in [-0.39, 0.29) is 35.5 Å². The first-order valence-electron chi connectivity index (χ1n) is 16.2. The lowest BCUT2D eigenvalue weighted by molar-refractivity contribution is -0.142. The Balaban J connectivity index is 1.43. The molecule has 2 saturated heterocycles. The molecule has 0 aromatic heterocycles. The van der Waals surface area contributed by atoms with Crippen LogP contribution in [0, 0.1) is 17.8 Å². The minimum Gasteiger partial charge on any atom is -0.394 e. The molecule has 0 saturated carbocycles. The van der Waals surface area contributed by atoms with Gasteiger partial charge in [-0.15, -0.1) is 11.8 Å². The summed E-state index contributed by atoms with van der Waals surface area (Å²) in [6.07, 6.45) is 8.66. The molecule has 1 unspecified atom stereocenters. The second-order valence-electron chi connectivity index (χ2n) is 12.8. The van der Waals surface area contributed by atoms with Gasteiger partial charge < -0.3 is 24.7 Å². The van der Waals surface area contributed by atoms with Crippen LogP contribution in [0.3, 0.4) is 0 Å². The molecule has 0 aliphatic carbocycles. The van der Waals surface area contributed by atoms with Crippen molar-refractivity contribution in [2.75, 3.05) is 47.5 Å². The zero-order chi connectivity index (χ0) is 31.9. The molecule has 9 heteroatoms. The molecule has 4 aliphatic rings. The molecule has 2 aromatic rings. The SMILES string of the molecule is CCN(CC)c1ccc(N2CC=C[C@]34S[C@@H]5C=CCN(c6ccccc6)C(=O)[C@@H]5[C@H]3C(=O)N([C@@H](CO)CC(C)C)C4C2=O)cc1. The summed E-state index contributed by atoms with van der Waals surface area (Å²) < 4.78 is -0.941. The Morgan fingerprint density at radius 2 is 1.53 bits per heavy atom. The van der Waals surface area contributed by atoms with E-state index in [1.54, 1.807) is 26.5 Å². The summed E-state index contributed by atoms with van der Waals surface area (Å²) in [4.78, 5) is 51.5. The molecule has 6 rings (SSSR count). The summed E-state index contributed by atoms with van der Waals surface area (Å²) in [5.41, 5.74) is 2.64. The molecule has 238 valence electrons. The van der Waals surface area contributed by atoms with Crippen molar-refractivity contribution in [2.24, 2.45) is 17.8 Å². The van der Waals surface area contributed by atoms with Gasteiger partial charge in [0.1, 0.15) is 6.04 Å². The number of hydrogen-bond donors (Lipinski definition) is 1. The number of aliphatic hydroxyl groups is 1. The third-order valence-corrected chi connectivity index (χ3v) is 11.5. The maximum atomic E-state index is 14.9. The van der Waals surface area contributed by atoms with Crippen molar-refractivity contribution in [1.82, 2.24) is 4.90 Å². The van der Waals surface area contributed by atoms with Gasteiger partial charge in [-0.2, -0.15) is 0 Å². The molecule has 4 heterocycles. The zero-order valence-electron chi connectivity index (χ0n) is 26.6. The highest BCUT2D eigenvalue weighted by atomic mass is 32.2. The number of thioether (sulfide) groups is 1. The highest BCUT2D eigenvalue weighted by Crippen LogP contribution is 2.61. The Morgan fingerprint density at radius 1 is 0.889 bits per heavy atom. The Labute approximate surface area is 270 Å². The van der Waals surface area contributed by atoms with Crippen LogP contribution < -0.4 is 14.7 Å². The first kappa shape index (κ1) is 31.4. The minimum atomic E-state index is -0.941. The molecular weight excluding hydrogens is 584 g/mol. The van der Waals surface area contributed by atoms with Crippen molar-refractivity contribution >= 4 is 46.5 Å². The van der Waals surface area contributed by atoms with Gasteiger partial charge in [-0.3, -0.25) is 14.4 Å². The Kier molecular flexibility index (Phi) is 8.85. The molecule has 0 radical (unpaired) electrons. The number of para-hydroxylation sites is 1. The predicted molar refractivity (Wildman–Crippen MR) is 181 cm³/mol. The molecule has 8 nitrogen and oxygen atoms in total. The number of nitrogens with zero attached hydrogens (tertiary/aromatic N) is 4. The van der Waals surface area contributed by atoms with Gasteiger partial charge in [-0.05, 0) is 62.6 Å².